The molecule has 2 amide bonds. The van der Waals surface area contributed by atoms with E-state index in [2.05, 4.69) is 15.5 Å². The number of nitrogens with one attached hydrogen (secondary N) is 1. The third-order valence-corrected chi connectivity index (χ3v) is 5.36. The number of aryl methyl sites for hydroxylation is 2. The van der Waals surface area contributed by atoms with Gasteiger partial charge in [-0.3, -0.25) is 14.9 Å². The molecule has 0 fully saturated rings. The van der Waals surface area contributed by atoms with Crippen LogP contribution in [0, 0.1) is 13.8 Å². The van der Waals surface area contributed by atoms with Crippen molar-refractivity contribution >= 4 is 28.3 Å². The fraction of sp³-hybridized carbons (Fsp3) is 0.263. The summed E-state index contributed by atoms with van der Waals surface area (Å²) in [5.74, 6) is 0.232. The topological polar surface area (TPSA) is 88.3 Å². The number of rotatable bonds is 3. The van der Waals surface area contributed by atoms with Crippen LogP contribution in [-0.2, 0) is 13.0 Å². The second kappa shape index (κ2) is 6.96. The van der Waals surface area contributed by atoms with E-state index in [9.17, 15) is 9.59 Å². The van der Waals surface area contributed by atoms with Crippen molar-refractivity contribution in [1.82, 2.24) is 15.0 Å². The summed E-state index contributed by atoms with van der Waals surface area (Å²) in [4.78, 5) is 32.3. The summed E-state index contributed by atoms with van der Waals surface area (Å²) in [6.07, 6.45) is 0.669. The first-order valence-electron chi connectivity index (χ1n) is 8.59. The molecule has 0 saturated heterocycles. The maximum Gasteiger partial charge on any atom is 0.279 e. The molecule has 0 bridgehead atoms. The lowest BCUT2D eigenvalue weighted by molar-refractivity contribution is 0.0736. The Hall–Kier alpha value is -3.00. The highest BCUT2D eigenvalue weighted by Crippen LogP contribution is 2.29. The zero-order chi connectivity index (χ0) is 19.0. The highest BCUT2D eigenvalue weighted by molar-refractivity contribution is 7.15. The number of anilines is 1. The Kier molecular flexibility index (Phi) is 4.49. The van der Waals surface area contributed by atoms with E-state index in [0.29, 0.717) is 36.0 Å². The number of carbonyl (C=O) groups excluding carboxylic acids is 2. The summed E-state index contributed by atoms with van der Waals surface area (Å²) in [5, 5.41) is 6.97. The molecule has 3 heterocycles. The molecule has 8 heteroatoms. The Morgan fingerprint density at radius 3 is 2.85 bits per heavy atom. The summed E-state index contributed by atoms with van der Waals surface area (Å²) in [7, 11) is 0. The second-order valence-corrected chi connectivity index (χ2v) is 7.60. The summed E-state index contributed by atoms with van der Waals surface area (Å²) in [5.41, 5.74) is 2.90. The van der Waals surface area contributed by atoms with Gasteiger partial charge in [0.2, 0.25) is 0 Å². The Morgan fingerprint density at radius 1 is 1.26 bits per heavy atom. The minimum Gasteiger partial charge on any atom is -0.361 e. The van der Waals surface area contributed by atoms with Crippen LogP contribution in [0.3, 0.4) is 0 Å². The van der Waals surface area contributed by atoms with Gasteiger partial charge in [-0.15, -0.1) is 0 Å². The molecule has 3 aromatic rings. The third kappa shape index (κ3) is 3.61. The number of aromatic nitrogens is 2. The molecular weight excluding hydrogens is 364 g/mol. The van der Waals surface area contributed by atoms with Crippen LogP contribution in [0.4, 0.5) is 5.13 Å². The smallest absolute Gasteiger partial charge is 0.279 e. The van der Waals surface area contributed by atoms with Gasteiger partial charge in [0.15, 0.2) is 10.8 Å². The lowest BCUT2D eigenvalue weighted by atomic mass is 10.1. The minimum atomic E-state index is -0.356. The van der Waals surface area contributed by atoms with Gasteiger partial charge in [0.1, 0.15) is 5.76 Å². The molecule has 138 valence electrons. The standard InChI is InChI=1S/C19H18N4O3S/c1-11-4-3-5-13(8-11)18(25)23-7-6-14-16(10-23)27-19(20-14)21-17(24)15-9-12(2)26-22-15/h3-5,8-9H,6-7,10H2,1-2H3,(H,20,21,24). The Balaban J connectivity index is 1.47. The van der Waals surface area contributed by atoms with Gasteiger partial charge < -0.3 is 9.42 Å². The molecule has 1 aliphatic rings. The zero-order valence-corrected chi connectivity index (χ0v) is 15.8. The molecule has 1 N–H and O–H groups in total. The zero-order valence-electron chi connectivity index (χ0n) is 15.0. The van der Waals surface area contributed by atoms with Crippen LogP contribution in [0.25, 0.3) is 0 Å². The first-order valence-corrected chi connectivity index (χ1v) is 9.40. The molecule has 1 aromatic carbocycles. The van der Waals surface area contributed by atoms with E-state index >= 15 is 0 Å². The number of fused-ring (bicyclic) bond motifs is 1. The van der Waals surface area contributed by atoms with E-state index in [1.165, 1.54) is 11.3 Å². The van der Waals surface area contributed by atoms with Gasteiger partial charge in [-0.2, -0.15) is 0 Å². The lowest BCUT2D eigenvalue weighted by Gasteiger charge is -2.26. The molecule has 0 atom stereocenters. The third-order valence-electron chi connectivity index (χ3n) is 4.36. The fourth-order valence-electron chi connectivity index (χ4n) is 3.02. The molecule has 1 aliphatic heterocycles. The van der Waals surface area contributed by atoms with Crippen LogP contribution >= 0.6 is 11.3 Å². The van der Waals surface area contributed by atoms with E-state index < -0.39 is 0 Å². The number of carbonyl (C=O) groups is 2. The van der Waals surface area contributed by atoms with E-state index in [-0.39, 0.29) is 17.5 Å². The van der Waals surface area contributed by atoms with Gasteiger partial charge in [-0.05, 0) is 26.0 Å². The number of benzene rings is 1. The molecule has 27 heavy (non-hydrogen) atoms. The molecular formula is C19H18N4O3S. The number of amides is 2. The molecule has 0 spiro atoms. The van der Waals surface area contributed by atoms with Crippen LogP contribution in [0.1, 0.15) is 42.7 Å². The molecule has 4 rings (SSSR count). The van der Waals surface area contributed by atoms with Crippen LogP contribution in [0.5, 0.6) is 0 Å². The molecule has 7 nitrogen and oxygen atoms in total. The van der Waals surface area contributed by atoms with Gasteiger partial charge in [0.05, 0.1) is 12.2 Å². The summed E-state index contributed by atoms with van der Waals surface area (Å²) >= 11 is 1.39. The van der Waals surface area contributed by atoms with Crippen LogP contribution < -0.4 is 5.32 Å². The molecule has 0 unspecified atom stereocenters. The SMILES string of the molecule is Cc1cccc(C(=O)N2CCc3nc(NC(=O)c4cc(C)on4)sc3C2)c1. The van der Waals surface area contributed by atoms with Crippen molar-refractivity contribution in [3.8, 4) is 0 Å². The average Bonchev–Trinajstić information content (AvgIpc) is 3.26. The van der Waals surface area contributed by atoms with Crippen LogP contribution in [0.15, 0.2) is 34.9 Å². The van der Waals surface area contributed by atoms with E-state index in [1.807, 2.05) is 36.1 Å². The summed E-state index contributed by atoms with van der Waals surface area (Å²) < 4.78 is 4.92. The predicted molar refractivity (Wildman–Crippen MR) is 101 cm³/mol. The summed E-state index contributed by atoms with van der Waals surface area (Å²) in [6.45, 7) is 4.81. The average molecular weight is 382 g/mol. The van der Waals surface area contributed by atoms with Crippen molar-refractivity contribution in [2.45, 2.75) is 26.8 Å². The van der Waals surface area contributed by atoms with Crippen molar-refractivity contribution in [2.24, 2.45) is 0 Å². The Bertz CT molecular complexity index is 1020. The first kappa shape index (κ1) is 17.4. The number of hydrogen-bond donors (Lipinski definition) is 1. The summed E-state index contributed by atoms with van der Waals surface area (Å²) in [6, 6.07) is 9.17. The van der Waals surface area contributed by atoms with Crippen molar-refractivity contribution in [1.29, 1.82) is 0 Å². The van der Waals surface area contributed by atoms with Gasteiger partial charge in [0, 0.05) is 29.5 Å². The molecule has 0 aliphatic carbocycles. The number of thiazole rings is 1. The minimum absolute atomic E-state index is 0.0152. The Labute approximate surface area is 160 Å². The van der Waals surface area contributed by atoms with Gasteiger partial charge >= 0.3 is 0 Å². The fourth-order valence-corrected chi connectivity index (χ4v) is 4.04. The predicted octanol–water partition coefficient (Wildman–Crippen LogP) is 3.20. The van der Waals surface area contributed by atoms with E-state index in [0.717, 1.165) is 16.1 Å². The highest BCUT2D eigenvalue weighted by Gasteiger charge is 2.25. The van der Waals surface area contributed by atoms with E-state index in [4.69, 9.17) is 4.52 Å². The quantitative estimate of drug-likeness (QED) is 0.751. The molecule has 0 saturated carbocycles. The van der Waals surface area contributed by atoms with Gasteiger partial charge in [-0.25, -0.2) is 4.98 Å². The number of hydrogen-bond acceptors (Lipinski definition) is 6. The first-order chi connectivity index (χ1) is 13.0. The van der Waals surface area contributed by atoms with E-state index in [1.54, 1.807) is 13.0 Å². The monoisotopic (exact) mass is 382 g/mol. The lowest BCUT2D eigenvalue weighted by Crippen LogP contribution is -2.35. The van der Waals surface area contributed by atoms with Crippen LogP contribution in [-0.4, -0.2) is 33.4 Å². The molecule has 2 aromatic heterocycles. The largest absolute Gasteiger partial charge is 0.361 e. The van der Waals surface area contributed by atoms with Gasteiger partial charge in [-0.1, -0.05) is 34.2 Å². The normalized spacial score (nSPS) is 13.3. The Morgan fingerprint density at radius 2 is 2.11 bits per heavy atom. The van der Waals surface area contributed by atoms with Crippen molar-refractivity contribution < 1.29 is 14.1 Å². The number of nitrogens with zero attached hydrogens (tertiary/aromatic N) is 3. The second-order valence-electron chi connectivity index (χ2n) is 6.51. The van der Waals surface area contributed by atoms with Gasteiger partial charge in [0.25, 0.3) is 11.8 Å². The van der Waals surface area contributed by atoms with Crippen molar-refractivity contribution in [2.75, 3.05) is 11.9 Å². The van der Waals surface area contributed by atoms with Crippen molar-refractivity contribution in [3.63, 3.8) is 0 Å². The molecule has 0 radical (unpaired) electrons. The maximum atomic E-state index is 12.8. The maximum absolute atomic E-state index is 12.8. The van der Waals surface area contributed by atoms with Crippen molar-refractivity contribution in [3.05, 3.63) is 63.5 Å². The highest BCUT2D eigenvalue weighted by atomic mass is 32.1. The van der Waals surface area contributed by atoms with Crippen LogP contribution in [0.2, 0.25) is 0 Å².